The first kappa shape index (κ1) is 27.1. The zero-order valence-electron chi connectivity index (χ0n) is 21.4. The van der Waals surface area contributed by atoms with Crippen molar-refractivity contribution in [2.75, 3.05) is 51.6 Å². The summed E-state index contributed by atoms with van der Waals surface area (Å²) in [5, 5.41) is 2.64. The van der Waals surface area contributed by atoms with Crippen LogP contribution in [0, 0.1) is 0 Å². The molecule has 37 heavy (non-hydrogen) atoms. The summed E-state index contributed by atoms with van der Waals surface area (Å²) in [5.74, 6) is -0.754. The second-order valence-electron chi connectivity index (χ2n) is 10.2. The lowest BCUT2D eigenvalue weighted by atomic mass is 9.89. The number of carbonyl (C=O) groups excluding carboxylic acids is 2. The summed E-state index contributed by atoms with van der Waals surface area (Å²) in [5.41, 5.74) is 7.23. The van der Waals surface area contributed by atoms with Crippen molar-refractivity contribution < 1.29 is 22.8 Å². The van der Waals surface area contributed by atoms with Gasteiger partial charge in [-0.15, -0.1) is 0 Å². The Hall–Kier alpha value is -2.95. The van der Waals surface area contributed by atoms with Crippen LogP contribution in [0.15, 0.2) is 36.4 Å². The highest BCUT2D eigenvalue weighted by Crippen LogP contribution is 2.38. The van der Waals surface area contributed by atoms with Crippen molar-refractivity contribution in [3.05, 3.63) is 64.2 Å². The largest absolute Gasteiger partial charge is 0.416 e. The van der Waals surface area contributed by atoms with Crippen LogP contribution in [0.4, 0.5) is 18.9 Å². The van der Waals surface area contributed by atoms with Gasteiger partial charge in [-0.3, -0.25) is 19.4 Å². The topological polar surface area (TPSA) is 81.9 Å². The fourth-order valence-electron chi connectivity index (χ4n) is 5.35. The highest BCUT2D eigenvalue weighted by atomic mass is 19.4. The monoisotopic (exact) mass is 517 g/mol. The highest BCUT2D eigenvalue weighted by molar-refractivity contribution is 6.04. The first-order chi connectivity index (χ1) is 17.4. The van der Waals surface area contributed by atoms with Gasteiger partial charge in [0.1, 0.15) is 0 Å². The van der Waals surface area contributed by atoms with E-state index in [-0.39, 0.29) is 23.7 Å². The number of nitrogens with one attached hydrogen (secondary N) is 1. The van der Waals surface area contributed by atoms with E-state index in [0.29, 0.717) is 31.7 Å². The Morgan fingerprint density at radius 3 is 2.46 bits per heavy atom. The van der Waals surface area contributed by atoms with E-state index in [1.54, 1.807) is 19.1 Å². The maximum absolute atomic E-state index is 14.1. The molecule has 2 amide bonds. The number of alkyl halides is 3. The lowest BCUT2D eigenvalue weighted by Crippen LogP contribution is -2.45. The Labute approximate surface area is 215 Å². The smallest absolute Gasteiger partial charge is 0.369 e. The van der Waals surface area contributed by atoms with E-state index in [9.17, 15) is 22.8 Å². The lowest BCUT2D eigenvalue weighted by molar-refractivity contribution is -0.138. The number of likely N-dealkylation sites (N-methyl/N-ethyl adjacent to an activating group) is 1. The van der Waals surface area contributed by atoms with E-state index < -0.39 is 29.6 Å². The van der Waals surface area contributed by atoms with Gasteiger partial charge >= 0.3 is 6.18 Å². The van der Waals surface area contributed by atoms with Crippen molar-refractivity contribution >= 4 is 17.5 Å². The normalized spacial score (nSPS) is 20.3. The van der Waals surface area contributed by atoms with Crippen LogP contribution in [0.5, 0.6) is 0 Å². The van der Waals surface area contributed by atoms with Gasteiger partial charge in [0.05, 0.1) is 12.1 Å². The molecule has 2 atom stereocenters. The van der Waals surface area contributed by atoms with Crippen molar-refractivity contribution in [1.82, 2.24) is 14.7 Å². The van der Waals surface area contributed by atoms with Crippen molar-refractivity contribution in [3.8, 4) is 0 Å². The molecule has 0 aromatic heterocycles. The number of amides is 2. The predicted octanol–water partition coefficient (Wildman–Crippen LogP) is 3.67. The molecule has 7 nitrogen and oxygen atoms in total. The Morgan fingerprint density at radius 1 is 1.11 bits per heavy atom. The molecule has 200 valence electrons. The fourth-order valence-corrected chi connectivity index (χ4v) is 5.35. The van der Waals surface area contributed by atoms with E-state index in [2.05, 4.69) is 15.1 Å². The first-order valence-corrected chi connectivity index (χ1v) is 12.5. The van der Waals surface area contributed by atoms with Crippen LogP contribution in [0.25, 0.3) is 0 Å². The van der Waals surface area contributed by atoms with E-state index in [4.69, 9.17) is 5.73 Å². The van der Waals surface area contributed by atoms with Crippen LogP contribution < -0.4 is 11.1 Å². The Morgan fingerprint density at radius 2 is 1.81 bits per heavy atom. The van der Waals surface area contributed by atoms with Crippen LogP contribution in [-0.2, 0) is 17.5 Å². The van der Waals surface area contributed by atoms with Crippen molar-refractivity contribution in [3.63, 3.8) is 0 Å². The predicted molar refractivity (Wildman–Crippen MR) is 136 cm³/mol. The van der Waals surface area contributed by atoms with Gasteiger partial charge < -0.3 is 16.0 Å². The molecule has 2 aromatic rings. The highest BCUT2D eigenvalue weighted by Gasteiger charge is 2.36. The molecule has 2 aromatic carbocycles. The summed E-state index contributed by atoms with van der Waals surface area (Å²) in [6.45, 7) is 8.11. The average molecular weight is 518 g/mol. The molecular weight excluding hydrogens is 483 g/mol. The third-order valence-electron chi connectivity index (χ3n) is 7.39. The zero-order chi connectivity index (χ0) is 26.9. The Kier molecular flexibility index (Phi) is 7.91. The summed E-state index contributed by atoms with van der Waals surface area (Å²) >= 11 is 0. The van der Waals surface area contributed by atoms with Gasteiger partial charge in [-0.2, -0.15) is 13.2 Å². The third-order valence-corrected chi connectivity index (χ3v) is 7.39. The quantitative estimate of drug-likeness (QED) is 0.611. The van der Waals surface area contributed by atoms with Crippen molar-refractivity contribution in [1.29, 1.82) is 0 Å². The number of rotatable bonds is 6. The number of hydrogen-bond acceptors (Lipinski definition) is 5. The van der Waals surface area contributed by atoms with Gasteiger partial charge in [0.2, 0.25) is 5.91 Å². The van der Waals surface area contributed by atoms with Crippen molar-refractivity contribution in [2.24, 2.45) is 5.73 Å². The van der Waals surface area contributed by atoms with Gasteiger partial charge in [0, 0.05) is 56.6 Å². The van der Waals surface area contributed by atoms with Crippen molar-refractivity contribution in [2.45, 2.75) is 38.5 Å². The maximum Gasteiger partial charge on any atom is 0.416 e. The summed E-state index contributed by atoms with van der Waals surface area (Å²) in [4.78, 5) is 30.5. The second kappa shape index (κ2) is 10.8. The number of nitrogens with zero attached hydrogens (tertiary/aromatic N) is 3. The van der Waals surface area contributed by atoms with Gasteiger partial charge in [-0.25, -0.2) is 0 Å². The molecule has 1 saturated heterocycles. The van der Waals surface area contributed by atoms with Crippen LogP contribution >= 0.6 is 0 Å². The molecule has 1 fully saturated rings. The summed E-state index contributed by atoms with van der Waals surface area (Å²) < 4.78 is 42.2. The molecule has 1 unspecified atom stereocenters. The van der Waals surface area contributed by atoms with E-state index >= 15 is 0 Å². The number of benzene rings is 2. The minimum atomic E-state index is -4.55. The molecule has 0 saturated carbocycles. The summed E-state index contributed by atoms with van der Waals surface area (Å²) in [7, 11) is 2.00. The summed E-state index contributed by atoms with van der Waals surface area (Å²) in [6.07, 6.45) is -4.55. The average Bonchev–Trinajstić information content (AvgIpc) is 2.82. The molecule has 0 bridgehead atoms. The second-order valence-corrected chi connectivity index (χ2v) is 10.2. The number of nitrogens with two attached hydrogens (primary N) is 1. The molecule has 2 aliphatic heterocycles. The number of primary amides is 1. The Balaban J connectivity index is 1.54. The Bertz CT molecular complexity index is 1160. The number of piperazine rings is 1. The SMILES string of the molecule is CC(c1ccc(NC(=O)c2ccc3c(c2)CN(CC(N)=O)C[C@@H]3C)cc1C(F)(F)F)N1CCN(C)CC1. The zero-order valence-corrected chi connectivity index (χ0v) is 21.4. The number of fused-ring (bicyclic) bond motifs is 1. The maximum atomic E-state index is 14.1. The van der Waals surface area contributed by atoms with Gasteiger partial charge in [0.25, 0.3) is 5.91 Å². The number of hydrogen-bond donors (Lipinski definition) is 2. The number of halogens is 3. The molecule has 4 rings (SSSR count). The van der Waals surface area contributed by atoms with Crippen LogP contribution in [0.1, 0.15) is 58.4 Å². The molecule has 3 N–H and O–H groups in total. The first-order valence-electron chi connectivity index (χ1n) is 12.5. The van der Waals surface area contributed by atoms with E-state index in [1.807, 2.05) is 24.9 Å². The standard InChI is InChI=1S/C27H34F3N5O2/c1-17-14-34(16-25(31)36)15-20-12-19(4-6-22(17)20)26(37)32-21-5-7-23(24(13-21)27(28,29)30)18(2)35-10-8-33(3)9-11-35/h4-7,12-13,17-18H,8-11,14-16H2,1-3H3,(H2,31,36)(H,32,37)/t17-,18?/m0/s1. The molecule has 0 aliphatic carbocycles. The third kappa shape index (κ3) is 6.31. The molecule has 2 heterocycles. The van der Waals surface area contributed by atoms with E-state index in [0.717, 1.165) is 30.3 Å². The minimum absolute atomic E-state index is 0.0908. The number of anilines is 1. The molecule has 10 heteroatoms. The molecule has 0 radical (unpaired) electrons. The van der Waals surface area contributed by atoms with Gasteiger partial charge in [-0.1, -0.05) is 19.1 Å². The van der Waals surface area contributed by atoms with Crippen LogP contribution in [-0.4, -0.2) is 72.8 Å². The van der Waals surface area contributed by atoms with Gasteiger partial charge in [0.15, 0.2) is 0 Å². The van der Waals surface area contributed by atoms with Crippen LogP contribution in [0.3, 0.4) is 0 Å². The van der Waals surface area contributed by atoms with E-state index in [1.165, 1.54) is 12.1 Å². The fraction of sp³-hybridized carbons (Fsp3) is 0.481. The summed E-state index contributed by atoms with van der Waals surface area (Å²) in [6, 6.07) is 8.92. The lowest BCUT2D eigenvalue weighted by Gasteiger charge is -2.37. The van der Waals surface area contributed by atoms with Gasteiger partial charge in [-0.05, 0) is 60.8 Å². The molecule has 0 spiro atoms. The molecular formula is C27H34F3N5O2. The van der Waals surface area contributed by atoms with Crippen LogP contribution in [0.2, 0.25) is 0 Å². The minimum Gasteiger partial charge on any atom is -0.369 e. The number of carbonyl (C=O) groups is 2. The molecule has 2 aliphatic rings.